The van der Waals surface area contributed by atoms with E-state index in [9.17, 15) is 9.18 Å². The van der Waals surface area contributed by atoms with E-state index in [1.807, 2.05) is 6.92 Å². The fourth-order valence-corrected chi connectivity index (χ4v) is 1.21. The van der Waals surface area contributed by atoms with Crippen molar-refractivity contribution in [2.75, 3.05) is 5.32 Å². The van der Waals surface area contributed by atoms with Crippen molar-refractivity contribution in [2.24, 2.45) is 0 Å². The van der Waals surface area contributed by atoms with Crippen molar-refractivity contribution >= 4 is 39.1 Å². The van der Waals surface area contributed by atoms with Crippen LogP contribution in [0.2, 0.25) is 5.02 Å². The van der Waals surface area contributed by atoms with Crippen LogP contribution in [0.15, 0.2) is 18.2 Å². The van der Waals surface area contributed by atoms with Crippen LogP contribution in [0.3, 0.4) is 0 Å². The number of benzene rings is 1. The maximum absolute atomic E-state index is 13.0. The molecule has 0 aromatic heterocycles. The third kappa shape index (κ3) is 3.47. The first-order valence-electron chi connectivity index (χ1n) is 4.44. The molecule has 1 rings (SSSR count). The second-order valence-electron chi connectivity index (χ2n) is 2.99. The highest BCUT2D eigenvalue weighted by Crippen LogP contribution is 2.19. The molecule has 82 valence electrons. The summed E-state index contributed by atoms with van der Waals surface area (Å²) in [6.07, 6.45) is 0.669. The molecular weight excluding hydrogens is 284 g/mol. The quantitative estimate of drug-likeness (QED) is 0.848. The van der Waals surface area contributed by atoms with Crippen molar-refractivity contribution in [3.8, 4) is 0 Å². The molecule has 15 heavy (non-hydrogen) atoms. The van der Waals surface area contributed by atoms with Crippen molar-refractivity contribution in [3.05, 3.63) is 29.0 Å². The minimum atomic E-state index is -0.544. The first-order chi connectivity index (χ1) is 7.04. The molecule has 2 nitrogen and oxygen atoms in total. The Morgan fingerprint density at radius 2 is 2.33 bits per heavy atom. The van der Waals surface area contributed by atoms with Crippen molar-refractivity contribution in [1.82, 2.24) is 0 Å². The van der Waals surface area contributed by atoms with Crippen LogP contribution in [0.25, 0.3) is 0 Å². The Morgan fingerprint density at radius 3 is 2.87 bits per heavy atom. The van der Waals surface area contributed by atoms with Gasteiger partial charge in [-0.1, -0.05) is 34.5 Å². The van der Waals surface area contributed by atoms with E-state index in [1.165, 1.54) is 12.1 Å². The number of alkyl halides is 1. The summed E-state index contributed by atoms with van der Waals surface area (Å²) in [5.41, 5.74) is 0.403. The van der Waals surface area contributed by atoms with Crippen LogP contribution in [0.4, 0.5) is 10.1 Å². The average molecular weight is 295 g/mol. The molecule has 0 saturated carbocycles. The molecule has 1 N–H and O–H groups in total. The van der Waals surface area contributed by atoms with E-state index in [2.05, 4.69) is 21.2 Å². The molecule has 0 heterocycles. The number of carbonyl (C=O) groups is 1. The van der Waals surface area contributed by atoms with Crippen molar-refractivity contribution in [3.63, 3.8) is 0 Å². The highest BCUT2D eigenvalue weighted by molar-refractivity contribution is 9.10. The van der Waals surface area contributed by atoms with Gasteiger partial charge < -0.3 is 5.32 Å². The SMILES string of the molecule is CCC(Br)C(=O)Nc1ccc(Cl)c(F)c1. The number of rotatable bonds is 3. The predicted octanol–water partition coefficient (Wildman–Crippen LogP) is 3.59. The van der Waals surface area contributed by atoms with Gasteiger partial charge in [0.1, 0.15) is 5.82 Å². The zero-order chi connectivity index (χ0) is 11.4. The van der Waals surface area contributed by atoms with Gasteiger partial charge >= 0.3 is 0 Å². The molecule has 0 radical (unpaired) electrons. The zero-order valence-corrected chi connectivity index (χ0v) is 10.4. The van der Waals surface area contributed by atoms with Crippen LogP contribution in [0.5, 0.6) is 0 Å². The van der Waals surface area contributed by atoms with Crippen molar-refractivity contribution in [2.45, 2.75) is 18.2 Å². The Balaban J connectivity index is 2.73. The summed E-state index contributed by atoms with van der Waals surface area (Å²) >= 11 is 8.71. The molecule has 1 aromatic carbocycles. The normalized spacial score (nSPS) is 12.3. The van der Waals surface area contributed by atoms with Gasteiger partial charge in [0.2, 0.25) is 5.91 Å². The lowest BCUT2D eigenvalue weighted by Gasteiger charge is -2.08. The second kappa shape index (κ2) is 5.47. The van der Waals surface area contributed by atoms with Gasteiger partial charge in [0.15, 0.2) is 0 Å². The smallest absolute Gasteiger partial charge is 0.238 e. The molecular formula is C10H10BrClFNO. The molecule has 1 amide bonds. The summed E-state index contributed by atoms with van der Waals surface area (Å²) in [5.74, 6) is -0.740. The van der Waals surface area contributed by atoms with Gasteiger partial charge in [0, 0.05) is 5.69 Å². The van der Waals surface area contributed by atoms with Crippen LogP contribution < -0.4 is 5.32 Å². The number of nitrogens with one attached hydrogen (secondary N) is 1. The molecule has 0 saturated heterocycles. The predicted molar refractivity (Wildman–Crippen MR) is 63.0 cm³/mol. The first kappa shape index (κ1) is 12.5. The fraction of sp³-hybridized carbons (Fsp3) is 0.300. The van der Waals surface area contributed by atoms with Gasteiger partial charge in [0.05, 0.1) is 9.85 Å². The number of hydrogen-bond acceptors (Lipinski definition) is 1. The highest BCUT2D eigenvalue weighted by Gasteiger charge is 2.12. The van der Waals surface area contributed by atoms with E-state index in [0.717, 1.165) is 0 Å². The first-order valence-corrected chi connectivity index (χ1v) is 5.74. The van der Waals surface area contributed by atoms with E-state index in [4.69, 9.17) is 11.6 Å². The summed E-state index contributed by atoms with van der Waals surface area (Å²) in [4.78, 5) is 11.2. The molecule has 0 spiro atoms. The molecule has 0 fully saturated rings. The number of hydrogen-bond donors (Lipinski definition) is 1. The van der Waals surface area contributed by atoms with Gasteiger partial charge in [-0.2, -0.15) is 0 Å². The Morgan fingerprint density at radius 1 is 1.67 bits per heavy atom. The Bertz CT molecular complexity index is 372. The van der Waals surface area contributed by atoms with Gasteiger partial charge in [-0.25, -0.2) is 4.39 Å². The summed E-state index contributed by atoms with van der Waals surface area (Å²) in [7, 11) is 0. The van der Waals surface area contributed by atoms with Gasteiger partial charge in [-0.05, 0) is 24.6 Å². The lowest BCUT2D eigenvalue weighted by molar-refractivity contribution is -0.115. The molecule has 0 aliphatic carbocycles. The Kier molecular flexibility index (Phi) is 4.54. The van der Waals surface area contributed by atoms with E-state index in [-0.39, 0.29) is 15.8 Å². The summed E-state index contributed by atoms with van der Waals surface area (Å²) < 4.78 is 13.0. The third-order valence-corrected chi connectivity index (χ3v) is 3.20. The zero-order valence-electron chi connectivity index (χ0n) is 8.06. The van der Waals surface area contributed by atoms with Crippen LogP contribution in [-0.4, -0.2) is 10.7 Å². The van der Waals surface area contributed by atoms with Gasteiger partial charge in [0.25, 0.3) is 0 Å². The average Bonchev–Trinajstić information content (AvgIpc) is 2.22. The molecule has 0 bridgehead atoms. The molecule has 1 unspecified atom stereocenters. The fourth-order valence-electron chi connectivity index (χ4n) is 0.980. The van der Waals surface area contributed by atoms with Gasteiger partial charge in [-0.15, -0.1) is 0 Å². The monoisotopic (exact) mass is 293 g/mol. The van der Waals surface area contributed by atoms with Crippen LogP contribution in [-0.2, 0) is 4.79 Å². The van der Waals surface area contributed by atoms with Crippen molar-refractivity contribution < 1.29 is 9.18 Å². The lowest BCUT2D eigenvalue weighted by atomic mass is 10.2. The van der Waals surface area contributed by atoms with Crippen LogP contribution >= 0.6 is 27.5 Å². The molecule has 1 aromatic rings. The number of anilines is 1. The van der Waals surface area contributed by atoms with E-state index in [1.54, 1.807) is 6.07 Å². The number of amides is 1. The summed E-state index contributed by atoms with van der Waals surface area (Å²) in [5, 5.41) is 2.62. The van der Waals surface area contributed by atoms with Gasteiger partial charge in [-0.3, -0.25) is 4.79 Å². The molecule has 0 aliphatic rings. The van der Waals surface area contributed by atoms with Crippen LogP contribution in [0, 0.1) is 5.82 Å². The minimum absolute atomic E-state index is 0.0406. The van der Waals surface area contributed by atoms with E-state index >= 15 is 0 Å². The highest BCUT2D eigenvalue weighted by atomic mass is 79.9. The Hall–Kier alpha value is -0.610. The van der Waals surface area contributed by atoms with E-state index in [0.29, 0.717) is 12.1 Å². The minimum Gasteiger partial charge on any atom is -0.325 e. The lowest BCUT2D eigenvalue weighted by Crippen LogP contribution is -2.21. The molecule has 5 heteroatoms. The molecule has 0 aliphatic heterocycles. The Labute approximate surface area is 101 Å². The summed E-state index contributed by atoms with van der Waals surface area (Å²) in [6.45, 7) is 1.88. The standard InChI is InChI=1S/C10H10BrClFNO/c1-2-7(11)10(15)14-6-3-4-8(12)9(13)5-6/h3-5,7H,2H2,1H3,(H,14,15). The number of halogens is 3. The molecule has 1 atom stereocenters. The topological polar surface area (TPSA) is 29.1 Å². The summed E-state index contributed by atoms with van der Waals surface area (Å²) in [6, 6.07) is 4.15. The van der Waals surface area contributed by atoms with Crippen LogP contribution in [0.1, 0.15) is 13.3 Å². The second-order valence-corrected chi connectivity index (χ2v) is 4.51. The van der Waals surface area contributed by atoms with Crippen molar-refractivity contribution in [1.29, 1.82) is 0 Å². The third-order valence-electron chi connectivity index (χ3n) is 1.83. The largest absolute Gasteiger partial charge is 0.325 e. The number of carbonyl (C=O) groups excluding carboxylic acids is 1. The van der Waals surface area contributed by atoms with E-state index < -0.39 is 5.82 Å². The maximum Gasteiger partial charge on any atom is 0.238 e. The maximum atomic E-state index is 13.0.